The largest absolute Gasteiger partial charge is 0.353 e. The van der Waals surface area contributed by atoms with E-state index in [-0.39, 0.29) is 11.9 Å². The summed E-state index contributed by atoms with van der Waals surface area (Å²) in [5.74, 6) is 0.144. The van der Waals surface area contributed by atoms with E-state index in [1.807, 2.05) is 31.5 Å². The highest BCUT2D eigenvalue weighted by Crippen LogP contribution is 2.36. The van der Waals surface area contributed by atoms with Gasteiger partial charge >= 0.3 is 0 Å². The molecule has 3 aromatic rings. The lowest BCUT2D eigenvalue weighted by Crippen LogP contribution is -2.36. The first-order valence-electron chi connectivity index (χ1n) is 10.7. The van der Waals surface area contributed by atoms with Crippen LogP contribution in [-0.4, -0.2) is 47.9 Å². The van der Waals surface area contributed by atoms with Gasteiger partial charge in [-0.2, -0.15) is 5.10 Å². The highest BCUT2D eigenvalue weighted by Gasteiger charge is 2.34. The second-order valence-electron chi connectivity index (χ2n) is 8.18. The molecule has 1 saturated carbocycles. The molecule has 2 atom stereocenters. The van der Waals surface area contributed by atoms with E-state index in [0.29, 0.717) is 12.5 Å². The first-order chi connectivity index (χ1) is 15.1. The fourth-order valence-electron chi connectivity index (χ4n) is 4.62. The Bertz CT molecular complexity index is 1120. The summed E-state index contributed by atoms with van der Waals surface area (Å²) < 4.78 is 2.19. The van der Waals surface area contributed by atoms with Gasteiger partial charge in [-0.3, -0.25) is 14.9 Å². The topological polar surface area (TPSA) is 77.2 Å². The summed E-state index contributed by atoms with van der Waals surface area (Å²) in [7, 11) is 0. The molecule has 1 aromatic carbocycles. The summed E-state index contributed by atoms with van der Waals surface area (Å²) in [4.78, 5) is 19.0. The molecule has 8 heteroatoms. The Morgan fingerprint density at radius 1 is 1.26 bits per heavy atom. The van der Waals surface area contributed by atoms with Gasteiger partial charge in [0.1, 0.15) is 0 Å². The molecule has 1 aliphatic carbocycles. The third-order valence-corrected chi connectivity index (χ3v) is 6.79. The van der Waals surface area contributed by atoms with E-state index in [2.05, 4.69) is 70.8 Å². The predicted octanol–water partition coefficient (Wildman–Crippen LogP) is 4.30. The van der Waals surface area contributed by atoms with Crippen LogP contribution in [0, 0.1) is 0 Å². The van der Waals surface area contributed by atoms with Gasteiger partial charge < -0.3 is 13.3 Å². The van der Waals surface area contributed by atoms with Gasteiger partial charge in [0.2, 0.25) is 5.91 Å². The third-order valence-electron chi connectivity index (χ3n) is 6.21. The molecule has 0 unspecified atom stereocenters. The Hall–Kier alpha value is -2.62. The number of pyridine rings is 1. The second-order valence-corrected chi connectivity index (χ2v) is 9.42. The number of rotatable bonds is 5. The van der Waals surface area contributed by atoms with Crippen LogP contribution in [0.15, 0.2) is 48.9 Å². The van der Waals surface area contributed by atoms with Crippen molar-refractivity contribution in [2.75, 3.05) is 6.67 Å². The molecule has 0 bridgehead atoms. The van der Waals surface area contributed by atoms with Crippen molar-refractivity contribution in [2.45, 2.75) is 44.7 Å². The molecule has 5 rings (SSSR count). The lowest BCUT2D eigenvalue weighted by molar-refractivity contribution is -0.121. The van der Waals surface area contributed by atoms with E-state index in [1.165, 1.54) is 5.70 Å². The van der Waals surface area contributed by atoms with E-state index in [4.69, 9.17) is 4.98 Å². The number of nitrogens with one attached hydrogen (secondary N) is 2. The number of benzene rings is 1. The monoisotopic (exact) mass is 528 g/mol. The van der Waals surface area contributed by atoms with Crippen molar-refractivity contribution in [3.05, 3.63) is 54.5 Å². The SMILES string of the molecule is CCC(=O)N[C@H]1CC[C@@H](N2CN(I)C=C2c2ccc(-c3cccc4[nH]ncc34)nc2)C1. The molecule has 160 valence electrons. The Morgan fingerprint density at radius 2 is 2.16 bits per heavy atom. The standard InChI is InChI=1S/C23H25IN6O/c1-2-23(31)27-16-7-8-17(10-16)30-14-29(24)13-22(30)15-6-9-20(25-11-15)18-4-3-5-21-19(18)12-26-28-21/h3-6,9,11-13,16-17H,2,7-8,10,14H2,1H3,(H,26,28)(H,27,31)/t16-,17+/m0/s1. The fraction of sp³-hybridized carbons (Fsp3) is 0.348. The molecule has 7 nitrogen and oxygen atoms in total. The molecular weight excluding hydrogens is 503 g/mol. The average Bonchev–Trinajstić information content (AvgIpc) is 3.53. The van der Waals surface area contributed by atoms with Gasteiger partial charge in [0.05, 0.1) is 52.6 Å². The van der Waals surface area contributed by atoms with E-state index in [0.717, 1.165) is 53.7 Å². The molecule has 2 aromatic heterocycles. The van der Waals surface area contributed by atoms with Gasteiger partial charge in [0.15, 0.2) is 0 Å². The highest BCUT2D eigenvalue weighted by molar-refractivity contribution is 14.1. The number of nitrogens with zero attached hydrogens (tertiary/aromatic N) is 4. The highest BCUT2D eigenvalue weighted by atomic mass is 127. The zero-order valence-electron chi connectivity index (χ0n) is 17.4. The van der Waals surface area contributed by atoms with Crippen molar-refractivity contribution in [1.82, 2.24) is 28.5 Å². The summed E-state index contributed by atoms with van der Waals surface area (Å²) in [6, 6.07) is 11.1. The van der Waals surface area contributed by atoms with Gasteiger partial charge in [-0.15, -0.1) is 0 Å². The van der Waals surface area contributed by atoms with Gasteiger partial charge in [-0.25, -0.2) is 0 Å². The first kappa shape index (κ1) is 20.3. The Balaban J connectivity index is 1.36. The fourth-order valence-corrected chi connectivity index (χ4v) is 5.21. The number of amides is 1. The lowest BCUT2D eigenvalue weighted by atomic mass is 10.1. The van der Waals surface area contributed by atoms with Gasteiger partial charge in [-0.1, -0.05) is 19.1 Å². The number of halogens is 1. The molecule has 2 aliphatic rings. The van der Waals surface area contributed by atoms with Crippen molar-refractivity contribution in [3.8, 4) is 11.3 Å². The minimum absolute atomic E-state index is 0.144. The molecular formula is C23H25IN6O. The summed E-state index contributed by atoms with van der Waals surface area (Å²) in [5, 5.41) is 11.4. The van der Waals surface area contributed by atoms with Crippen LogP contribution in [0.2, 0.25) is 0 Å². The number of carbonyl (C=O) groups is 1. The Kier molecular flexibility index (Phi) is 5.56. The van der Waals surface area contributed by atoms with Crippen molar-refractivity contribution < 1.29 is 4.79 Å². The van der Waals surface area contributed by atoms with Gasteiger partial charge in [-0.05, 0) is 37.5 Å². The van der Waals surface area contributed by atoms with Crippen LogP contribution in [0.3, 0.4) is 0 Å². The van der Waals surface area contributed by atoms with Gasteiger partial charge in [0, 0.05) is 47.4 Å². The quantitative estimate of drug-likeness (QED) is 0.382. The lowest BCUT2D eigenvalue weighted by Gasteiger charge is -2.29. The predicted molar refractivity (Wildman–Crippen MR) is 130 cm³/mol. The zero-order chi connectivity index (χ0) is 21.4. The molecule has 1 aliphatic heterocycles. The van der Waals surface area contributed by atoms with Crippen LogP contribution < -0.4 is 5.32 Å². The minimum atomic E-state index is 0.144. The number of aromatic amines is 1. The molecule has 0 radical (unpaired) electrons. The van der Waals surface area contributed by atoms with Crippen molar-refractivity contribution >= 4 is 45.4 Å². The first-order valence-corrected chi connectivity index (χ1v) is 11.7. The maximum Gasteiger partial charge on any atom is 0.219 e. The summed E-state index contributed by atoms with van der Waals surface area (Å²) in [5.41, 5.74) is 5.34. The van der Waals surface area contributed by atoms with E-state index < -0.39 is 0 Å². The smallest absolute Gasteiger partial charge is 0.219 e. The normalized spacial score (nSPS) is 21.0. The minimum Gasteiger partial charge on any atom is -0.353 e. The second kappa shape index (κ2) is 8.49. The molecule has 1 fully saturated rings. The van der Waals surface area contributed by atoms with Crippen LogP contribution >= 0.6 is 22.9 Å². The average molecular weight is 528 g/mol. The third kappa shape index (κ3) is 4.00. The van der Waals surface area contributed by atoms with Crippen LogP contribution in [0.25, 0.3) is 27.9 Å². The van der Waals surface area contributed by atoms with E-state index in [1.54, 1.807) is 0 Å². The number of hydrogen-bond donors (Lipinski definition) is 2. The number of fused-ring (bicyclic) bond motifs is 1. The maximum atomic E-state index is 11.8. The van der Waals surface area contributed by atoms with Gasteiger partial charge in [0.25, 0.3) is 0 Å². The number of aromatic nitrogens is 3. The van der Waals surface area contributed by atoms with Crippen LogP contribution in [0.1, 0.15) is 38.2 Å². The number of hydrogen-bond acceptors (Lipinski definition) is 5. The molecule has 0 spiro atoms. The summed E-state index contributed by atoms with van der Waals surface area (Å²) in [6.07, 6.45) is 9.66. The van der Waals surface area contributed by atoms with Crippen molar-refractivity contribution in [3.63, 3.8) is 0 Å². The summed E-state index contributed by atoms with van der Waals surface area (Å²) in [6.45, 7) is 2.76. The molecule has 1 amide bonds. The number of H-pyrrole nitrogens is 1. The van der Waals surface area contributed by atoms with Crippen LogP contribution in [-0.2, 0) is 4.79 Å². The number of carbonyl (C=O) groups excluding carboxylic acids is 1. The molecule has 0 saturated heterocycles. The Labute approximate surface area is 195 Å². The maximum absolute atomic E-state index is 11.8. The van der Waals surface area contributed by atoms with Crippen LogP contribution in [0.5, 0.6) is 0 Å². The van der Waals surface area contributed by atoms with Crippen LogP contribution in [0.4, 0.5) is 0 Å². The van der Waals surface area contributed by atoms with Crippen molar-refractivity contribution in [2.24, 2.45) is 0 Å². The van der Waals surface area contributed by atoms with E-state index in [9.17, 15) is 4.79 Å². The van der Waals surface area contributed by atoms with E-state index >= 15 is 0 Å². The molecule has 31 heavy (non-hydrogen) atoms. The molecule has 2 N–H and O–H groups in total. The summed E-state index contributed by atoms with van der Waals surface area (Å²) >= 11 is 2.35. The van der Waals surface area contributed by atoms with Crippen molar-refractivity contribution in [1.29, 1.82) is 0 Å². The Morgan fingerprint density at radius 3 is 2.97 bits per heavy atom. The molecule has 3 heterocycles. The zero-order valence-corrected chi connectivity index (χ0v) is 19.5.